The zero-order valence-corrected chi connectivity index (χ0v) is 13.3. The van der Waals surface area contributed by atoms with Gasteiger partial charge in [0.1, 0.15) is 5.75 Å². The number of rotatable bonds is 4. The fraction of sp³-hybridized carbons (Fsp3) is 0.133. The van der Waals surface area contributed by atoms with Crippen LogP contribution in [0.25, 0.3) is 0 Å². The minimum atomic E-state index is -0.753. The van der Waals surface area contributed by atoms with E-state index in [9.17, 15) is 4.79 Å². The standard InChI is InChI=1S/C15H12Cl3NO2/c1-9(21-14-8-10(16)6-7-12(14)18)15(20)19-13-5-3-2-4-11(13)17/h2-9H,1H3,(H,19,20). The molecule has 0 aromatic heterocycles. The van der Waals surface area contributed by atoms with Gasteiger partial charge in [-0.25, -0.2) is 0 Å². The first-order valence-corrected chi connectivity index (χ1v) is 7.28. The monoisotopic (exact) mass is 343 g/mol. The summed E-state index contributed by atoms with van der Waals surface area (Å²) in [4.78, 5) is 12.1. The maximum absolute atomic E-state index is 12.1. The van der Waals surface area contributed by atoms with Gasteiger partial charge in [-0.2, -0.15) is 0 Å². The molecule has 3 nitrogen and oxygen atoms in total. The van der Waals surface area contributed by atoms with Gasteiger partial charge in [-0.15, -0.1) is 0 Å². The summed E-state index contributed by atoms with van der Waals surface area (Å²) in [6.07, 6.45) is -0.753. The summed E-state index contributed by atoms with van der Waals surface area (Å²) in [6.45, 7) is 1.61. The van der Waals surface area contributed by atoms with Gasteiger partial charge < -0.3 is 10.1 Å². The van der Waals surface area contributed by atoms with Crippen LogP contribution in [0.1, 0.15) is 6.92 Å². The van der Waals surface area contributed by atoms with Gasteiger partial charge in [-0.3, -0.25) is 4.79 Å². The Kier molecular flexibility index (Phi) is 5.34. The number of hydrogen-bond acceptors (Lipinski definition) is 2. The lowest BCUT2D eigenvalue weighted by molar-refractivity contribution is -0.122. The van der Waals surface area contributed by atoms with Gasteiger partial charge in [0, 0.05) is 11.1 Å². The average molecular weight is 345 g/mol. The van der Waals surface area contributed by atoms with Crippen molar-refractivity contribution in [1.29, 1.82) is 0 Å². The van der Waals surface area contributed by atoms with Crippen LogP contribution in [0.4, 0.5) is 5.69 Å². The van der Waals surface area contributed by atoms with E-state index < -0.39 is 6.10 Å². The second-order valence-corrected chi connectivity index (χ2v) is 5.55. The molecule has 0 radical (unpaired) electrons. The third-order valence-corrected chi connectivity index (χ3v) is 3.57. The first-order valence-electron chi connectivity index (χ1n) is 6.14. The number of carbonyl (C=O) groups is 1. The Morgan fingerprint density at radius 2 is 1.81 bits per heavy atom. The maximum Gasteiger partial charge on any atom is 0.265 e. The number of hydrogen-bond donors (Lipinski definition) is 1. The SMILES string of the molecule is CC(Oc1cc(Cl)ccc1Cl)C(=O)Nc1ccccc1Cl. The predicted octanol–water partition coefficient (Wildman–Crippen LogP) is 5.05. The summed E-state index contributed by atoms with van der Waals surface area (Å²) in [6, 6.07) is 11.8. The highest BCUT2D eigenvalue weighted by Crippen LogP contribution is 2.29. The van der Waals surface area contributed by atoms with Crippen LogP contribution in [-0.4, -0.2) is 12.0 Å². The molecule has 0 saturated heterocycles. The summed E-state index contributed by atoms with van der Waals surface area (Å²) in [5.74, 6) is 0.0186. The Labute approximate surface area is 137 Å². The molecule has 21 heavy (non-hydrogen) atoms. The molecule has 0 aliphatic carbocycles. The first kappa shape index (κ1) is 16.0. The number of anilines is 1. The smallest absolute Gasteiger partial charge is 0.265 e. The van der Waals surface area contributed by atoms with Crippen molar-refractivity contribution in [1.82, 2.24) is 0 Å². The molecule has 6 heteroatoms. The number of carbonyl (C=O) groups excluding carboxylic acids is 1. The molecule has 1 amide bonds. The van der Waals surface area contributed by atoms with Crippen LogP contribution >= 0.6 is 34.8 Å². The highest BCUT2D eigenvalue weighted by Gasteiger charge is 2.17. The highest BCUT2D eigenvalue weighted by molar-refractivity contribution is 6.34. The summed E-state index contributed by atoms with van der Waals surface area (Å²) in [5.41, 5.74) is 0.525. The van der Waals surface area contributed by atoms with Crippen molar-refractivity contribution in [3.05, 3.63) is 57.5 Å². The molecule has 0 aliphatic rings. The molecule has 0 bridgehead atoms. The molecule has 1 unspecified atom stereocenters. The number of ether oxygens (including phenoxy) is 1. The van der Waals surface area contributed by atoms with E-state index in [1.54, 1.807) is 49.4 Å². The molecule has 0 saturated carbocycles. The molecule has 0 aliphatic heterocycles. The molecular weight excluding hydrogens is 333 g/mol. The lowest BCUT2D eigenvalue weighted by Crippen LogP contribution is -2.30. The van der Waals surface area contributed by atoms with Crippen LogP contribution in [-0.2, 0) is 4.79 Å². The Bertz CT molecular complexity index is 661. The van der Waals surface area contributed by atoms with E-state index in [1.165, 1.54) is 0 Å². The van der Waals surface area contributed by atoms with Crippen molar-refractivity contribution in [2.45, 2.75) is 13.0 Å². The fourth-order valence-corrected chi connectivity index (χ4v) is 2.12. The average Bonchev–Trinajstić information content (AvgIpc) is 2.45. The van der Waals surface area contributed by atoms with E-state index in [0.29, 0.717) is 26.5 Å². The Morgan fingerprint density at radius 3 is 2.52 bits per heavy atom. The largest absolute Gasteiger partial charge is 0.479 e. The van der Waals surface area contributed by atoms with Gasteiger partial charge in [0.25, 0.3) is 5.91 Å². The van der Waals surface area contributed by atoms with Gasteiger partial charge in [0.2, 0.25) is 0 Å². The van der Waals surface area contributed by atoms with E-state index in [0.717, 1.165) is 0 Å². The van der Waals surface area contributed by atoms with Crippen LogP contribution in [0.2, 0.25) is 15.1 Å². The van der Waals surface area contributed by atoms with Crippen molar-refractivity contribution >= 4 is 46.4 Å². The number of nitrogens with one attached hydrogen (secondary N) is 1. The first-order chi connectivity index (χ1) is 9.97. The van der Waals surface area contributed by atoms with Crippen LogP contribution < -0.4 is 10.1 Å². The summed E-state index contributed by atoms with van der Waals surface area (Å²) in [7, 11) is 0. The lowest BCUT2D eigenvalue weighted by Gasteiger charge is -2.16. The van der Waals surface area contributed by atoms with E-state index in [1.807, 2.05) is 0 Å². The Balaban J connectivity index is 2.06. The molecule has 2 aromatic rings. The Morgan fingerprint density at radius 1 is 1.10 bits per heavy atom. The zero-order valence-electron chi connectivity index (χ0n) is 11.1. The van der Waals surface area contributed by atoms with Gasteiger partial charge in [0.05, 0.1) is 15.7 Å². The minimum Gasteiger partial charge on any atom is -0.479 e. The normalized spacial score (nSPS) is 11.8. The number of para-hydroxylation sites is 1. The molecule has 2 aromatic carbocycles. The van der Waals surface area contributed by atoms with Crippen molar-refractivity contribution in [2.75, 3.05) is 5.32 Å². The van der Waals surface area contributed by atoms with Gasteiger partial charge in [-0.05, 0) is 31.2 Å². The van der Waals surface area contributed by atoms with Gasteiger partial charge >= 0.3 is 0 Å². The molecular formula is C15H12Cl3NO2. The van der Waals surface area contributed by atoms with Gasteiger partial charge in [-0.1, -0.05) is 46.9 Å². The molecule has 0 spiro atoms. The number of benzene rings is 2. The lowest BCUT2D eigenvalue weighted by atomic mass is 10.3. The predicted molar refractivity (Wildman–Crippen MR) is 86.6 cm³/mol. The Hall–Kier alpha value is -1.42. The van der Waals surface area contributed by atoms with Crippen LogP contribution in [0.5, 0.6) is 5.75 Å². The van der Waals surface area contributed by atoms with Crippen LogP contribution in [0.15, 0.2) is 42.5 Å². The summed E-state index contributed by atoms with van der Waals surface area (Å²) >= 11 is 17.9. The quantitative estimate of drug-likeness (QED) is 0.842. The summed E-state index contributed by atoms with van der Waals surface area (Å²) < 4.78 is 5.53. The second-order valence-electron chi connectivity index (χ2n) is 4.30. The minimum absolute atomic E-state index is 0.334. The van der Waals surface area contributed by atoms with Crippen molar-refractivity contribution < 1.29 is 9.53 Å². The van der Waals surface area contributed by atoms with Gasteiger partial charge in [0.15, 0.2) is 6.10 Å². The van der Waals surface area contributed by atoms with Crippen molar-refractivity contribution in [3.63, 3.8) is 0 Å². The second kappa shape index (κ2) is 7.03. The molecule has 0 heterocycles. The highest BCUT2D eigenvalue weighted by atomic mass is 35.5. The van der Waals surface area contributed by atoms with Crippen LogP contribution in [0.3, 0.4) is 0 Å². The molecule has 2 rings (SSSR count). The zero-order chi connectivity index (χ0) is 15.4. The molecule has 110 valence electrons. The maximum atomic E-state index is 12.1. The van der Waals surface area contributed by atoms with Crippen molar-refractivity contribution in [2.24, 2.45) is 0 Å². The van der Waals surface area contributed by atoms with Crippen molar-refractivity contribution in [3.8, 4) is 5.75 Å². The number of halogens is 3. The molecule has 1 N–H and O–H groups in total. The van der Waals surface area contributed by atoms with Crippen LogP contribution in [0, 0.1) is 0 Å². The van der Waals surface area contributed by atoms with E-state index in [2.05, 4.69) is 5.32 Å². The van der Waals surface area contributed by atoms with E-state index in [4.69, 9.17) is 39.5 Å². The topological polar surface area (TPSA) is 38.3 Å². The molecule has 1 atom stereocenters. The van der Waals surface area contributed by atoms with E-state index in [-0.39, 0.29) is 5.91 Å². The number of amides is 1. The third kappa shape index (κ3) is 4.27. The molecule has 0 fully saturated rings. The third-order valence-electron chi connectivity index (χ3n) is 2.70. The van der Waals surface area contributed by atoms with E-state index >= 15 is 0 Å². The summed E-state index contributed by atoms with van der Waals surface area (Å²) in [5, 5.41) is 4.02. The fourth-order valence-electron chi connectivity index (χ4n) is 1.61.